The molecule has 0 aromatic carbocycles. The van der Waals surface area contributed by atoms with Crippen LogP contribution in [0.5, 0.6) is 0 Å². The summed E-state index contributed by atoms with van der Waals surface area (Å²) in [5.41, 5.74) is 6.60. The van der Waals surface area contributed by atoms with Crippen LogP contribution >= 0.6 is 27.7 Å². The monoisotopic (exact) mass is 274 g/mol. The summed E-state index contributed by atoms with van der Waals surface area (Å²) in [5, 5.41) is 1.46. The second-order valence-corrected chi connectivity index (χ2v) is 5.90. The third-order valence-electron chi connectivity index (χ3n) is 2.08. The Morgan fingerprint density at radius 3 is 2.57 bits per heavy atom. The highest BCUT2D eigenvalue weighted by Crippen LogP contribution is 2.31. The smallest absolute Gasteiger partial charge is 0.119 e. The van der Waals surface area contributed by atoms with E-state index in [0.29, 0.717) is 11.2 Å². The highest BCUT2D eigenvalue weighted by molar-refractivity contribution is 9.10. The van der Waals surface area contributed by atoms with Crippen LogP contribution < -0.4 is 5.73 Å². The van der Waals surface area contributed by atoms with Crippen LogP contribution in [-0.2, 0) is 0 Å². The Morgan fingerprint density at radius 2 is 2.07 bits per heavy atom. The third-order valence-corrected chi connectivity index (χ3v) is 4.00. The van der Waals surface area contributed by atoms with Crippen molar-refractivity contribution in [2.45, 2.75) is 31.0 Å². The maximum absolute atomic E-state index is 5.86. The van der Waals surface area contributed by atoms with Crippen molar-refractivity contribution >= 4 is 33.4 Å². The van der Waals surface area contributed by atoms with Gasteiger partial charge >= 0.3 is 0 Å². The molecule has 1 unspecified atom stereocenters. The molecule has 0 saturated carbocycles. The zero-order chi connectivity index (χ0) is 10.7. The Labute approximate surface area is 97.8 Å². The number of thioether (sulfide) groups is 1. The summed E-state index contributed by atoms with van der Waals surface area (Å²) in [6, 6.07) is 1.89. The Bertz CT molecular complexity index is 315. The maximum Gasteiger partial charge on any atom is 0.119 e. The number of rotatable bonds is 3. The Kier molecular flexibility index (Phi) is 4.26. The van der Waals surface area contributed by atoms with Crippen molar-refractivity contribution in [3.05, 3.63) is 16.7 Å². The number of nitrogens with zero attached hydrogens (tertiary/aromatic N) is 1. The molecule has 14 heavy (non-hydrogen) atoms. The van der Waals surface area contributed by atoms with E-state index in [9.17, 15) is 0 Å². The molecule has 1 atom stereocenters. The molecule has 4 heteroatoms. The number of halogens is 1. The van der Waals surface area contributed by atoms with Crippen molar-refractivity contribution in [2.75, 3.05) is 5.73 Å². The highest BCUT2D eigenvalue weighted by Gasteiger charge is 2.11. The van der Waals surface area contributed by atoms with Crippen molar-refractivity contribution in [1.29, 1.82) is 0 Å². The predicted octanol–water partition coefficient (Wildman–Crippen LogP) is 3.56. The fraction of sp³-hybridized carbons (Fsp3) is 0.500. The van der Waals surface area contributed by atoms with Gasteiger partial charge in [0.2, 0.25) is 0 Å². The molecule has 0 radical (unpaired) electrons. The number of nitrogen functional groups attached to an aromatic ring is 1. The largest absolute Gasteiger partial charge is 0.397 e. The molecule has 0 bridgehead atoms. The van der Waals surface area contributed by atoms with Crippen LogP contribution in [0.2, 0.25) is 0 Å². The molecule has 2 N–H and O–H groups in total. The van der Waals surface area contributed by atoms with E-state index in [1.54, 1.807) is 18.0 Å². The number of nitrogens with two attached hydrogens (primary N) is 1. The average molecular weight is 275 g/mol. The van der Waals surface area contributed by atoms with E-state index in [2.05, 4.69) is 41.7 Å². The van der Waals surface area contributed by atoms with E-state index in [1.165, 1.54) is 0 Å². The lowest BCUT2D eigenvalue weighted by molar-refractivity contribution is 0.641. The summed E-state index contributed by atoms with van der Waals surface area (Å²) in [4.78, 5) is 4.29. The van der Waals surface area contributed by atoms with Gasteiger partial charge in [-0.15, -0.1) is 11.8 Å². The first-order valence-corrected chi connectivity index (χ1v) is 6.25. The molecule has 0 spiro atoms. The lowest BCUT2D eigenvalue weighted by Crippen LogP contribution is -2.06. The second-order valence-electron chi connectivity index (χ2n) is 3.61. The van der Waals surface area contributed by atoms with Crippen molar-refractivity contribution in [3.63, 3.8) is 0 Å². The molecule has 2 nitrogen and oxygen atoms in total. The molecule has 0 amide bonds. The van der Waals surface area contributed by atoms with Crippen molar-refractivity contribution in [3.8, 4) is 0 Å². The van der Waals surface area contributed by atoms with Crippen LogP contribution in [0.25, 0.3) is 0 Å². The second kappa shape index (κ2) is 5.03. The minimum atomic E-state index is 0.533. The molecule has 0 aliphatic carbocycles. The quantitative estimate of drug-likeness (QED) is 0.857. The average Bonchev–Trinajstić information content (AvgIpc) is 2.09. The Morgan fingerprint density at radius 1 is 1.43 bits per heavy atom. The van der Waals surface area contributed by atoms with Gasteiger partial charge in [-0.3, -0.25) is 0 Å². The van der Waals surface area contributed by atoms with Gasteiger partial charge in [0.05, 0.1) is 5.69 Å². The van der Waals surface area contributed by atoms with Gasteiger partial charge in [-0.25, -0.2) is 4.98 Å². The summed E-state index contributed by atoms with van der Waals surface area (Å²) in [7, 11) is 0. The van der Waals surface area contributed by atoms with Crippen LogP contribution in [0.3, 0.4) is 0 Å². The van der Waals surface area contributed by atoms with Crippen LogP contribution in [0.15, 0.2) is 21.8 Å². The molecule has 1 rings (SSSR count). The van der Waals surface area contributed by atoms with Gasteiger partial charge in [-0.2, -0.15) is 0 Å². The first-order valence-electron chi connectivity index (χ1n) is 4.58. The molecule has 78 valence electrons. The molecule has 0 aliphatic rings. The number of anilines is 1. The lowest BCUT2D eigenvalue weighted by Gasteiger charge is -2.15. The summed E-state index contributed by atoms with van der Waals surface area (Å²) in [6.45, 7) is 6.60. The zero-order valence-corrected chi connectivity index (χ0v) is 11.0. The van der Waals surface area contributed by atoms with E-state index < -0.39 is 0 Å². The minimum absolute atomic E-state index is 0.533. The molecule has 1 aromatic rings. The van der Waals surface area contributed by atoms with E-state index in [1.807, 2.05) is 6.07 Å². The first kappa shape index (κ1) is 11.9. The van der Waals surface area contributed by atoms with E-state index >= 15 is 0 Å². The van der Waals surface area contributed by atoms with Crippen LogP contribution in [0.1, 0.15) is 20.8 Å². The fourth-order valence-electron chi connectivity index (χ4n) is 0.853. The van der Waals surface area contributed by atoms with Gasteiger partial charge in [0, 0.05) is 15.9 Å². The van der Waals surface area contributed by atoms with Crippen LogP contribution in [-0.4, -0.2) is 10.2 Å². The number of pyridine rings is 1. The lowest BCUT2D eigenvalue weighted by atomic mass is 10.2. The zero-order valence-electron chi connectivity index (χ0n) is 8.62. The molecular formula is C10H15BrN2S. The highest BCUT2D eigenvalue weighted by atomic mass is 79.9. The Balaban J connectivity index is 2.77. The number of hydrogen-bond donors (Lipinski definition) is 1. The van der Waals surface area contributed by atoms with Crippen molar-refractivity contribution in [2.24, 2.45) is 5.92 Å². The van der Waals surface area contributed by atoms with E-state index in [4.69, 9.17) is 5.73 Å². The normalized spacial score (nSPS) is 13.2. The summed E-state index contributed by atoms with van der Waals surface area (Å²) < 4.78 is 0.927. The van der Waals surface area contributed by atoms with Gasteiger partial charge in [0.15, 0.2) is 0 Å². The van der Waals surface area contributed by atoms with Gasteiger partial charge in [-0.05, 0) is 27.9 Å². The van der Waals surface area contributed by atoms with Crippen molar-refractivity contribution in [1.82, 2.24) is 4.98 Å². The van der Waals surface area contributed by atoms with E-state index in [-0.39, 0.29) is 0 Å². The van der Waals surface area contributed by atoms with Gasteiger partial charge in [0.1, 0.15) is 5.03 Å². The number of aromatic nitrogens is 1. The number of hydrogen-bond acceptors (Lipinski definition) is 3. The standard InChI is InChI=1S/C10H15BrN2S/c1-6(2)7(3)14-10-9(12)4-8(11)5-13-10/h4-7H,12H2,1-3H3. The minimum Gasteiger partial charge on any atom is -0.397 e. The molecule has 0 saturated heterocycles. The van der Waals surface area contributed by atoms with Gasteiger partial charge in [0.25, 0.3) is 0 Å². The SMILES string of the molecule is CC(C)C(C)Sc1ncc(Br)cc1N. The van der Waals surface area contributed by atoms with Crippen LogP contribution in [0, 0.1) is 5.92 Å². The molecule has 1 heterocycles. The topological polar surface area (TPSA) is 38.9 Å². The Hall–Kier alpha value is -0.220. The molecule has 0 aliphatic heterocycles. The van der Waals surface area contributed by atoms with E-state index in [0.717, 1.165) is 15.2 Å². The van der Waals surface area contributed by atoms with Gasteiger partial charge in [-0.1, -0.05) is 20.8 Å². The molecule has 0 fully saturated rings. The van der Waals surface area contributed by atoms with Crippen molar-refractivity contribution < 1.29 is 0 Å². The van der Waals surface area contributed by atoms with Crippen LogP contribution in [0.4, 0.5) is 5.69 Å². The fourth-order valence-corrected chi connectivity index (χ4v) is 2.13. The summed E-state index contributed by atoms with van der Waals surface area (Å²) in [6.07, 6.45) is 1.78. The maximum atomic E-state index is 5.86. The first-order chi connectivity index (χ1) is 6.50. The molecular weight excluding hydrogens is 260 g/mol. The predicted molar refractivity (Wildman–Crippen MR) is 66.5 cm³/mol. The summed E-state index contributed by atoms with van der Waals surface area (Å²) >= 11 is 5.07. The third kappa shape index (κ3) is 3.17. The molecule has 1 aromatic heterocycles. The van der Waals surface area contributed by atoms with Gasteiger partial charge < -0.3 is 5.73 Å². The summed E-state index contributed by atoms with van der Waals surface area (Å²) in [5.74, 6) is 0.629.